The molecular weight excluding hydrogens is 639 g/mol. The molecular formula is C52H35N. The van der Waals surface area contributed by atoms with Crippen molar-refractivity contribution in [2.24, 2.45) is 0 Å². The van der Waals surface area contributed by atoms with Gasteiger partial charge in [-0.3, -0.25) is 0 Å². The first kappa shape index (κ1) is 29.2. The summed E-state index contributed by atoms with van der Waals surface area (Å²) in [6.45, 7) is 4.76. The fourth-order valence-corrected chi connectivity index (χ4v) is 10.6. The molecule has 1 heteroatoms. The maximum absolute atomic E-state index is 2.53. The third kappa shape index (κ3) is 3.53. The maximum Gasteiger partial charge on any atom is 0.0726 e. The third-order valence-corrected chi connectivity index (χ3v) is 12.8. The van der Waals surface area contributed by atoms with E-state index in [1.165, 1.54) is 105 Å². The normalized spacial score (nSPS) is 14.9. The van der Waals surface area contributed by atoms with E-state index in [1.807, 2.05) is 0 Å². The number of aromatic nitrogens is 1. The monoisotopic (exact) mass is 673 g/mol. The Hall–Kier alpha value is -6.44. The lowest BCUT2D eigenvalue weighted by Gasteiger charge is -2.35. The zero-order valence-corrected chi connectivity index (χ0v) is 29.7. The van der Waals surface area contributed by atoms with E-state index in [4.69, 9.17) is 0 Å². The Morgan fingerprint density at radius 3 is 1.42 bits per heavy atom. The Morgan fingerprint density at radius 2 is 0.792 bits per heavy atom. The minimum atomic E-state index is -0.516. The van der Waals surface area contributed by atoms with Gasteiger partial charge in [-0.05, 0) is 108 Å². The van der Waals surface area contributed by atoms with Crippen molar-refractivity contribution in [1.82, 2.24) is 4.57 Å². The highest BCUT2D eigenvalue weighted by Crippen LogP contribution is 2.62. The van der Waals surface area contributed by atoms with Gasteiger partial charge in [0.1, 0.15) is 0 Å². The number of fused-ring (bicyclic) bond motifs is 18. The number of hydrogen-bond acceptors (Lipinski definition) is 0. The van der Waals surface area contributed by atoms with Gasteiger partial charge in [-0.2, -0.15) is 0 Å². The van der Waals surface area contributed by atoms with Crippen molar-refractivity contribution in [2.45, 2.75) is 24.7 Å². The van der Waals surface area contributed by atoms with Crippen molar-refractivity contribution in [3.05, 3.63) is 209 Å². The third-order valence-electron chi connectivity index (χ3n) is 12.8. The molecule has 0 amide bonds. The molecule has 0 fully saturated rings. The second kappa shape index (κ2) is 10.1. The molecule has 3 aliphatic rings. The van der Waals surface area contributed by atoms with Crippen LogP contribution in [0.3, 0.4) is 0 Å². The van der Waals surface area contributed by atoms with Crippen LogP contribution in [0.1, 0.15) is 47.2 Å². The SMILES string of the molecule is CC1(C)c2ccccc2-c2cc3c4ccccc4n(-c4ccc5c(c4)C4(c6ccccc6-c6ccccc6-c6ccccc64)c4ccccc4-5)c3cc21. The number of nitrogens with zero attached hydrogens (tertiary/aromatic N) is 1. The topological polar surface area (TPSA) is 4.93 Å². The molecule has 9 aromatic rings. The quantitative estimate of drug-likeness (QED) is 0.163. The van der Waals surface area contributed by atoms with Gasteiger partial charge in [-0.1, -0.05) is 159 Å². The van der Waals surface area contributed by atoms with Crippen molar-refractivity contribution < 1.29 is 0 Å². The molecule has 248 valence electrons. The summed E-state index contributed by atoms with van der Waals surface area (Å²) in [5.41, 5.74) is 21.7. The lowest BCUT2D eigenvalue weighted by atomic mass is 9.66. The average molecular weight is 674 g/mol. The van der Waals surface area contributed by atoms with E-state index in [-0.39, 0.29) is 5.41 Å². The largest absolute Gasteiger partial charge is 0.309 e. The summed E-state index contributed by atoms with van der Waals surface area (Å²) in [6.07, 6.45) is 0. The zero-order valence-electron chi connectivity index (χ0n) is 29.7. The summed E-state index contributed by atoms with van der Waals surface area (Å²) in [6, 6.07) is 66.6. The van der Waals surface area contributed by atoms with E-state index < -0.39 is 5.41 Å². The van der Waals surface area contributed by atoms with Gasteiger partial charge in [0.05, 0.1) is 16.4 Å². The predicted molar refractivity (Wildman–Crippen MR) is 220 cm³/mol. The lowest BCUT2D eigenvalue weighted by molar-refractivity contribution is 0.661. The van der Waals surface area contributed by atoms with Crippen LogP contribution in [-0.4, -0.2) is 4.57 Å². The Kier molecular flexibility index (Phi) is 5.57. The molecule has 12 rings (SSSR count). The van der Waals surface area contributed by atoms with Crippen LogP contribution >= 0.6 is 0 Å². The van der Waals surface area contributed by atoms with Crippen molar-refractivity contribution in [3.8, 4) is 50.2 Å². The molecule has 3 aliphatic carbocycles. The number of para-hydroxylation sites is 1. The summed E-state index contributed by atoms with van der Waals surface area (Å²) >= 11 is 0. The highest BCUT2D eigenvalue weighted by molar-refractivity contribution is 6.12. The number of benzene rings is 8. The second-order valence-electron chi connectivity index (χ2n) is 15.6. The highest BCUT2D eigenvalue weighted by atomic mass is 15.0. The highest BCUT2D eigenvalue weighted by Gasteiger charge is 2.49. The van der Waals surface area contributed by atoms with Crippen LogP contribution in [-0.2, 0) is 10.8 Å². The molecule has 0 bridgehead atoms. The molecule has 0 aliphatic heterocycles. The Balaban J connectivity index is 1.21. The summed E-state index contributed by atoms with van der Waals surface area (Å²) in [5.74, 6) is 0. The van der Waals surface area contributed by atoms with Crippen LogP contribution in [0.15, 0.2) is 176 Å². The second-order valence-corrected chi connectivity index (χ2v) is 15.6. The van der Waals surface area contributed by atoms with Gasteiger partial charge in [0, 0.05) is 21.9 Å². The molecule has 8 aromatic carbocycles. The van der Waals surface area contributed by atoms with E-state index in [9.17, 15) is 0 Å². The van der Waals surface area contributed by atoms with E-state index in [0.29, 0.717) is 0 Å². The molecule has 1 heterocycles. The predicted octanol–water partition coefficient (Wildman–Crippen LogP) is 13.1. The van der Waals surface area contributed by atoms with Crippen LogP contribution < -0.4 is 0 Å². The minimum Gasteiger partial charge on any atom is -0.309 e. The molecule has 53 heavy (non-hydrogen) atoms. The van der Waals surface area contributed by atoms with E-state index >= 15 is 0 Å². The van der Waals surface area contributed by atoms with Crippen molar-refractivity contribution >= 4 is 21.8 Å². The number of rotatable bonds is 1. The van der Waals surface area contributed by atoms with Gasteiger partial charge in [0.2, 0.25) is 0 Å². The van der Waals surface area contributed by atoms with Gasteiger partial charge in [0.15, 0.2) is 0 Å². The first-order chi connectivity index (χ1) is 26.1. The summed E-state index contributed by atoms with van der Waals surface area (Å²) in [7, 11) is 0. The first-order valence-electron chi connectivity index (χ1n) is 18.8. The smallest absolute Gasteiger partial charge is 0.0726 e. The van der Waals surface area contributed by atoms with Crippen molar-refractivity contribution in [3.63, 3.8) is 0 Å². The lowest BCUT2D eigenvalue weighted by Crippen LogP contribution is -2.29. The molecule has 0 atom stereocenters. The van der Waals surface area contributed by atoms with Gasteiger partial charge in [-0.25, -0.2) is 0 Å². The molecule has 0 saturated carbocycles. The Morgan fingerprint density at radius 1 is 0.321 bits per heavy atom. The summed E-state index contributed by atoms with van der Waals surface area (Å²) in [4.78, 5) is 0. The minimum absolute atomic E-state index is 0.0895. The first-order valence-corrected chi connectivity index (χ1v) is 18.8. The van der Waals surface area contributed by atoms with Crippen LogP contribution in [0.25, 0.3) is 72.0 Å². The van der Waals surface area contributed by atoms with Crippen molar-refractivity contribution in [2.75, 3.05) is 0 Å². The van der Waals surface area contributed by atoms with E-state index in [2.05, 4.69) is 194 Å². The molecule has 1 aromatic heterocycles. The fourth-order valence-electron chi connectivity index (χ4n) is 10.6. The van der Waals surface area contributed by atoms with Gasteiger partial charge >= 0.3 is 0 Å². The summed E-state index contributed by atoms with van der Waals surface area (Å²) < 4.78 is 2.53. The van der Waals surface area contributed by atoms with E-state index in [1.54, 1.807) is 0 Å². The van der Waals surface area contributed by atoms with Gasteiger partial charge < -0.3 is 4.57 Å². The molecule has 1 spiro atoms. The van der Waals surface area contributed by atoms with Crippen LogP contribution in [0.2, 0.25) is 0 Å². The summed E-state index contributed by atoms with van der Waals surface area (Å²) in [5, 5.41) is 2.58. The maximum atomic E-state index is 2.53. The Bertz CT molecular complexity index is 2980. The average Bonchev–Trinajstić information content (AvgIpc) is 3.75. The van der Waals surface area contributed by atoms with E-state index in [0.717, 1.165) is 0 Å². The Labute approximate surface area is 309 Å². The van der Waals surface area contributed by atoms with Crippen molar-refractivity contribution in [1.29, 1.82) is 0 Å². The fraction of sp³-hybridized carbons (Fsp3) is 0.0769. The zero-order chi connectivity index (χ0) is 35.1. The molecule has 0 radical (unpaired) electrons. The molecule has 1 nitrogen and oxygen atoms in total. The molecule has 0 saturated heterocycles. The van der Waals surface area contributed by atoms with Gasteiger partial charge in [-0.15, -0.1) is 0 Å². The molecule has 0 unspecified atom stereocenters. The number of hydrogen-bond donors (Lipinski definition) is 0. The van der Waals surface area contributed by atoms with Crippen LogP contribution in [0, 0.1) is 0 Å². The molecule has 0 N–H and O–H groups in total. The van der Waals surface area contributed by atoms with Gasteiger partial charge in [0.25, 0.3) is 0 Å². The standard InChI is InChI=1S/C52H35N/c1-51(2)43-22-10-5-20-38(43)41-30-42-40-21-9-14-26-49(40)53(50(42)31-47(41)51)32-27-28-39-37-19-8-13-25-46(37)52(48(39)29-32)44-23-11-6-17-35(44)33-15-3-4-16-34(33)36-18-7-12-24-45(36)52/h3-31H,1-2H3. The van der Waals surface area contributed by atoms with Crippen LogP contribution in [0.4, 0.5) is 0 Å². The van der Waals surface area contributed by atoms with Crippen LogP contribution in [0.5, 0.6) is 0 Å².